The lowest BCUT2D eigenvalue weighted by Gasteiger charge is -2.34. The number of aromatic nitrogens is 2. The predicted octanol–water partition coefficient (Wildman–Crippen LogP) is 2.86. The number of nitrogens with zero attached hydrogens (tertiary/aromatic N) is 3. The second kappa shape index (κ2) is 7.61. The number of rotatable bonds is 7. The molecular weight excluding hydrogens is 310 g/mol. The molecular formula is C14H24ClN3O2S. The summed E-state index contributed by atoms with van der Waals surface area (Å²) in [6, 6.07) is 0.139. The van der Waals surface area contributed by atoms with Crippen LogP contribution in [-0.4, -0.2) is 41.0 Å². The van der Waals surface area contributed by atoms with Gasteiger partial charge in [-0.15, -0.1) is 11.6 Å². The van der Waals surface area contributed by atoms with Gasteiger partial charge in [0.05, 0.1) is 6.20 Å². The van der Waals surface area contributed by atoms with E-state index in [0.29, 0.717) is 23.9 Å². The van der Waals surface area contributed by atoms with Crippen molar-refractivity contribution in [2.75, 3.05) is 12.4 Å². The molecule has 1 saturated heterocycles. The Balaban J connectivity index is 2.17. The van der Waals surface area contributed by atoms with E-state index in [0.717, 1.165) is 38.5 Å². The number of alkyl halides is 1. The third kappa shape index (κ3) is 3.99. The van der Waals surface area contributed by atoms with Crippen LogP contribution in [0.4, 0.5) is 0 Å². The molecule has 1 atom stereocenters. The van der Waals surface area contributed by atoms with Crippen molar-refractivity contribution >= 4 is 21.6 Å². The molecule has 0 radical (unpaired) electrons. The van der Waals surface area contributed by atoms with Crippen molar-refractivity contribution in [3.05, 3.63) is 12.4 Å². The van der Waals surface area contributed by atoms with Crippen molar-refractivity contribution in [3.63, 3.8) is 0 Å². The summed E-state index contributed by atoms with van der Waals surface area (Å²) in [5.41, 5.74) is 0. The van der Waals surface area contributed by atoms with E-state index in [4.69, 9.17) is 11.6 Å². The van der Waals surface area contributed by atoms with Gasteiger partial charge >= 0.3 is 0 Å². The van der Waals surface area contributed by atoms with Gasteiger partial charge in [-0.05, 0) is 25.7 Å². The van der Waals surface area contributed by atoms with Crippen LogP contribution in [0, 0.1) is 0 Å². The summed E-state index contributed by atoms with van der Waals surface area (Å²) in [6.45, 7) is 3.38. The molecule has 1 aromatic rings. The Kier molecular flexibility index (Phi) is 6.08. The van der Waals surface area contributed by atoms with Gasteiger partial charge in [0, 0.05) is 31.2 Å². The minimum atomic E-state index is -3.42. The Morgan fingerprint density at radius 2 is 2.24 bits per heavy atom. The fourth-order valence-electron chi connectivity index (χ4n) is 2.87. The van der Waals surface area contributed by atoms with E-state index in [-0.39, 0.29) is 6.04 Å². The van der Waals surface area contributed by atoms with Crippen LogP contribution in [0.5, 0.6) is 0 Å². The molecule has 0 N–H and O–H groups in total. The van der Waals surface area contributed by atoms with Crippen LogP contribution < -0.4 is 0 Å². The molecule has 120 valence electrons. The average molecular weight is 334 g/mol. The second-order valence-corrected chi connectivity index (χ2v) is 7.80. The van der Waals surface area contributed by atoms with Gasteiger partial charge in [0.15, 0.2) is 0 Å². The average Bonchev–Trinajstić information content (AvgIpc) is 2.95. The Morgan fingerprint density at radius 3 is 2.95 bits per heavy atom. The highest BCUT2D eigenvalue weighted by Gasteiger charge is 2.33. The quantitative estimate of drug-likeness (QED) is 0.721. The highest BCUT2D eigenvalue weighted by molar-refractivity contribution is 7.89. The van der Waals surface area contributed by atoms with Crippen LogP contribution in [0.2, 0.25) is 0 Å². The third-order valence-electron chi connectivity index (χ3n) is 3.93. The lowest BCUT2D eigenvalue weighted by Crippen LogP contribution is -2.43. The molecule has 0 aliphatic carbocycles. The van der Waals surface area contributed by atoms with Crippen LogP contribution in [0.15, 0.2) is 17.3 Å². The molecule has 5 nitrogen and oxygen atoms in total. The van der Waals surface area contributed by atoms with Crippen molar-refractivity contribution in [1.29, 1.82) is 0 Å². The van der Waals surface area contributed by atoms with Crippen LogP contribution in [0.25, 0.3) is 0 Å². The fraction of sp³-hybridized carbons (Fsp3) is 0.786. The van der Waals surface area contributed by atoms with E-state index in [2.05, 4.69) is 12.0 Å². The van der Waals surface area contributed by atoms with E-state index in [1.807, 2.05) is 0 Å². The number of sulfonamides is 1. The second-order valence-electron chi connectivity index (χ2n) is 5.54. The van der Waals surface area contributed by atoms with E-state index < -0.39 is 10.0 Å². The summed E-state index contributed by atoms with van der Waals surface area (Å²) in [5, 5.41) is 4.14. The Labute approximate surface area is 132 Å². The van der Waals surface area contributed by atoms with Crippen LogP contribution in [0.3, 0.4) is 0 Å². The van der Waals surface area contributed by atoms with Crippen LogP contribution in [-0.2, 0) is 16.6 Å². The molecule has 0 aromatic carbocycles. The van der Waals surface area contributed by atoms with Gasteiger partial charge in [-0.2, -0.15) is 9.40 Å². The smallest absolute Gasteiger partial charge is 0.246 e. The number of piperidine rings is 1. The number of aryl methyl sites for hydroxylation is 1. The van der Waals surface area contributed by atoms with Gasteiger partial charge in [0.25, 0.3) is 0 Å². The maximum Gasteiger partial charge on any atom is 0.246 e. The first-order valence-corrected chi connectivity index (χ1v) is 9.67. The Morgan fingerprint density at radius 1 is 1.43 bits per heavy atom. The normalized spacial score (nSPS) is 20.8. The fourth-order valence-corrected chi connectivity index (χ4v) is 4.67. The number of halogens is 1. The first-order chi connectivity index (χ1) is 10.1. The standard InChI is InChI=1S/C14H24ClN3O2S/c1-2-6-13-7-3-4-10-18(13)21(19,20)14-11-16-17(12-14)9-5-8-15/h11-13H,2-10H2,1H3. The highest BCUT2D eigenvalue weighted by Crippen LogP contribution is 2.27. The molecule has 21 heavy (non-hydrogen) atoms. The van der Waals surface area contributed by atoms with Crippen molar-refractivity contribution in [2.24, 2.45) is 0 Å². The number of hydrogen-bond donors (Lipinski definition) is 0. The monoisotopic (exact) mass is 333 g/mol. The van der Waals surface area contributed by atoms with E-state index in [1.54, 1.807) is 15.2 Å². The lowest BCUT2D eigenvalue weighted by molar-refractivity contribution is 0.239. The minimum Gasteiger partial charge on any atom is -0.271 e. The molecule has 2 rings (SSSR count). The lowest BCUT2D eigenvalue weighted by atomic mass is 10.0. The van der Waals surface area contributed by atoms with Gasteiger partial charge in [0.2, 0.25) is 10.0 Å². The molecule has 0 saturated carbocycles. The van der Waals surface area contributed by atoms with Gasteiger partial charge in [-0.1, -0.05) is 19.8 Å². The summed E-state index contributed by atoms with van der Waals surface area (Å²) < 4.78 is 29.0. The molecule has 1 fully saturated rings. The summed E-state index contributed by atoms with van der Waals surface area (Å²) >= 11 is 5.66. The van der Waals surface area contributed by atoms with Gasteiger partial charge in [-0.25, -0.2) is 8.42 Å². The van der Waals surface area contributed by atoms with Crippen molar-refractivity contribution in [2.45, 2.75) is 62.9 Å². The minimum absolute atomic E-state index is 0.139. The SMILES string of the molecule is CCCC1CCCCN1S(=O)(=O)c1cnn(CCCCl)c1. The highest BCUT2D eigenvalue weighted by atomic mass is 35.5. The van der Waals surface area contributed by atoms with Gasteiger partial charge in [0.1, 0.15) is 4.90 Å². The molecule has 1 aliphatic rings. The zero-order valence-corrected chi connectivity index (χ0v) is 14.1. The zero-order chi connectivity index (χ0) is 15.3. The first-order valence-electron chi connectivity index (χ1n) is 7.70. The molecule has 1 aromatic heterocycles. The molecule has 0 bridgehead atoms. The molecule has 0 spiro atoms. The van der Waals surface area contributed by atoms with E-state index in [1.165, 1.54) is 6.20 Å². The van der Waals surface area contributed by atoms with Gasteiger partial charge < -0.3 is 0 Å². The Hall–Kier alpha value is -0.590. The summed E-state index contributed by atoms with van der Waals surface area (Å²) in [6.07, 6.45) is 8.83. The van der Waals surface area contributed by atoms with Crippen molar-refractivity contribution in [1.82, 2.24) is 14.1 Å². The molecule has 0 amide bonds. The Bertz CT molecular complexity index is 542. The summed E-state index contributed by atoms with van der Waals surface area (Å²) in [7, 11) is -3.42. The van der Waals surface area contributed by atoms with Crippen LogP contribution >= 0.6 is 11.6 Å². The third-order valence-corrected chi connectivity index (χ3v) is 6.10. The van der Waals surface area contributed by atoms with Crippen molar-refractivity contribution < 1.29 is 8.42 Å². The maximum atomic E-state index is 12.8. The molecule has 2 heterocycles. The van der Waals surface area contributed by atoms with Crippen molar-refractivity contribution in [3.8, 4) is 0 Å². The maximum absolute atomic E-state index is 12.8. The zero-order valence-electron chi connectivity index (χ0n) is 12.5. The van der Waals surface area contributed by atoms with Crippen LogP contribution in [0.1, 0.15) is 45.4 Å². The first kappa shape index (κ1) is 16.8. The number of hydrogen-bond acceptors (Lipinski definition) is 3. The molecule has 7 heteroatoms. The topological polar surface area (TPSA) is 55.2 Å². The summed E-state index contributed by atoms with van der Waals surface area (Å²) in [4.78, 5) is 0.306. The largest absolute Gasteiger partial charge is 0.271 e. The molecule has 1 aliphatic heterocycles. The van der Waals surface area contributed by atoms with Gasteiger partial charge in [-0.3, -0.25) is 4.68 Å². The molecule has 1 unspecified atom stereocenters. The predicted molar refractivity (Wildman–Crippen MR) is 84.0 cm³/mol. The van der Waals surface area contributed by atoms with E-state index in [9.17, 15) is 8.42 Å². The summed E-state index contributed by atoms with van der Waals surface area (Å²) in [5.74, 6) is 0.548. The van der Waals surface area contributed by atoms with E-state index >= 15 is 0 Å².